The van der Waals surface area contributed by atoms with Crippen LogP contribution in [0.15, 0.2) is 105 Å². The molecule has 0 spiro atoms. The third-order valence-electron chi connectivity index (χ3n) is 8.58. The van der Waals surface area contributed by atoms with Crippen LogP contribution in [0.1, 0.15) is 45.7 Å². The van der Waals surface area contributed by atoms with Gasteiger partial charge in [-0.25, -0.2) is 0 Å². The van der Waals surface area contributed by atoms with E-state index in [1.165, 1.54) is 48.5 Å². The summed E-state index contributed by atoms with van der Waals surface area (Å²) in [5.74, 6) is -4.07. The number of ketones is 2. The van der Waals surface area contributed by atoms with Gasteiger partial charge in [-0.05, 0) is 112 Å². The summed E-state index contributed by atoms with van der Waals surface area (Å²) in [6.45, 7) is 5.62. The fourth-order valence-electron chi connectivity index (χ4n) is 5.64. The van der Waals surface area contributed by atoms with E-state index in [4.69, 9.17) is 69.6 Å². The topological polar surface area (TPSA) is 200 Å². The summed E-state index contributed by atoms with van der Waals surface area (Å²) in [4.78, 5) is 77.9. The van der Waals surface area contributed by atoms with E-state index in [2.05, 4.69) is 41.7 Å². The highest BCUT2D eigenvalue weighted by atomic mass is 35.5. The lowest BCUT2D eigenvalue weighted by Crippen LogP contribution is -2.33. The van der Waals surface area contributed by atoms with Crippen molar-refractivity contribution in [3.05, 3.63) is 137 Å². The minimum Gasteiger partial charge on any atom is -0.324 e. The number of nitrogens with one attached hydrogen (secondary N) is 4. The monoisotopic (exact) mass is 954 g/mol. The second kappa shape index (κ2) is 20.9. The molecule has 0 saturated carbocycles. The molecular formula is C42H32Cl6N8O6. The van der Waals surface area contributed by atoms with E-state index in [0.717, 1.165) is 13.8 Å². The number of Topliss-reactive ketones (excluding diaryl/α,β-unsaturated/α-hetero) is 2. The number of hydrogen-bond donors (Lipinski definition) is 4. The van der Waals surface area contributed by atoms with Crippen LogP contribution in [0.25, 0.3) is 0 Å². The molecule has 4 amide bonds. The van der Waals surface area contributed by atoms with Gasteiger partial charge in [0.2, 0.25) is 12.1 Å². The number of carbonyl (C=O) groups is 6. The molecule has 5 aromatic rings. The number of amides is 4. The van der Waals surface area contributed by atoms with Crippen molar-refractivity contribution < 1.29 is 28.8 Å². The van der Waals surface area contributed by atoms with Crippen molar-refractivity contribution in [3.63, 3.8) is 0 Å². The number of halogens is 6. The van der Waals surface area contributed by atoms with Gasteiger partial charge in [-0.15, -0.1) is 0 Å². The SMILES string of the molecule is CC(=O)C(N=Nc1cc(Cl)cc(C(=O)Nc2cccc(Cl)c2Cl)c1)C(=O)Nc1cc(C)c(NC(=O)C(N=Nc2cc(Cl)cc(C(=O)Nc3cccc(Cl)c3Cl)c2)C(C)=O)c(C)c1. The van der Waals surface area contributed by atoms with E-state index in [1.807, 2.05) is 0 Å². The average molecular weight is 957 g/mol. The molecule has 0 aliphatic heterocycles. The Balaban J connectivity index is 1.27. The fraction of sp³-hybridized carbons (Fsp3) is 0.143. The Labute approximate surface area is 384 Å². The number of anilines is 4. The standard InChI is InChI=1S/C42H32Cl6N8O6/c1-19-11-27(49-41(61)37(21(3)57)55-53-28-15-23(13-25(43)17-28)39(59)50-32-9-5-7-30(45)34(32)47)12-20(2)36(19)52-42(62)38(22(4)58)56-54-29-16-24(14-26(44)18-29)40(60)51-33-10-6-8-31(46)35(33)48/h5-18,37-38H,1-4H3,(H,49,61)(H,50,59)(H,51,60)(H,52,62). The zero-order valence-electron chi connectivity index (χ0n) is 32.7. The van der Waals surface area contributed by atoms with Gasteiger partial charge in [0.05, 0.1) is 42.8 Å². The Morgan fingerprint density at radius 3 is 1.32 bits per heavy atom. The van der Waals surface area contributed by atoms with Gasteiger partial charge in [0.25, 0.3) is 23.6 Å². The predicted molar refractivity (Wildman–Crippen MR) is 243 cm³/mol. The number of benzene rings is 5. The first-order valence-electron chi connectivity index (χ1n) is 18.0. The average Bonchev–Trinajstić information content (AvgIpc) is 3.19. The smallest absolute Gasteiger partial charge is 0.258 e. The number of hydrogen-bond acceptors (Lipinski definition) is 10. The van der Waals surface area contributed by atoms with E-state index >= 15 is 0 Å². The van der Waals surface area contributed by atoms with Crippen LogP contribution in [-0.4, -0.2) is 47.3 Å². The van der Waals surface area contributed by atoms with Gasteiger partial charge in [0.1, 0.15) is 0 Å². The summed E-state index contributed by atoms with van der Waals surface area (Å²) in [7, 11) is 0. The van der Waals surface area contributed by atoms with E-state index in [-0.39, 0.29) is 69.7 Å². The van der Waals surface area contributed by atoms with Gasteiger partial charge in [-0.1, -0.05) is 81.7 Å². The summed E-state index contributed by atoms with van der Waals surface area (Å²) in [6.07, 6.45) is 0. The van der Waals surface area contributed by atoms with Crippen LogP contribution in [0.3, 0.4) is 0 Å². The molecular weight excluding hydrogens is 925 g/mol. The fourth-order valence-corrected chi connectivity index (χ4v) is 6.79. The summed E-state index contributed by atoms with van der Waals surface area (Å²) in [5, 5.41) is 27.6. The minimum atomic E-state index is -1.59. The Hall–Kier alpha value is -5.74. The minimum absolute atomic E-state index is 0.0782. The van der Waals surface area contributed by atoms with Crippen molar-refractivity contribution in [2.75, 3.05) is 21.3 Å². The number of carbonyl (C=O) groups excluding carboxylic acids is 6. The lowest BCUT2D eigenvalue weighted by Gasteiger charge is -2.17. The molecule has 0 saturated heterocycles. The highest BCUT2D eigenvalue weighted by Crippen LogP contribution is 2.33. The summed E-state index contributed by atoms with van der Waals surface area (Å²) in [6, 6.07) is 17.6. The van der Waals surface area contributed by atoms with Crippen molar-refractivity contribution in [2.24, 2.45) is 20.5 Å². The van der Waals surface area contributed by atoms with Gasteiger partial charge < -0.3 is 21.3 Å². The highest BCUT2D eigenvalue weighted by Gasteiger charge is 2.26. The molecule has 5 rings (SSSR count). The zero-order valence-corrected chi connectivity index (χ0v) is 37.3. The quantitative estimate of drug-likeness (QED) is 0.0630. The van der Waals surface area contributed by atoms with Crippen LogP contribution in [0, 0.1) is 13.8 Å². The van der Waals surface area contributed by atoms with Crippen molar-refractivity contribution in [3.8, 4) is 0 Å². The Morgan fingerprint density at radius 1 is 0.516 bits per heavy atom. The largest absolute Gasteiger partial charge is 0.324 e. The molecule has 2 unspecified atom stereocenters. The molecule has 0 heterocycles. The second-order valence-electron chi connectivity index (χ2n) is 13.4. The lowest BCUT2D eigenvalue weighted by atomic mass is 10.1. The van der Waals surface area contributed by atoms with Crippen LogP contribution in [0.4, 0.5) is 34.1 Å². The van der Waals surface area contributed by atoms with Crippen molar-refractivity contribution in [1.82, 2.24) is 0 Å². The van der Waals surface area contributed by atoms with Gasteiger partial charge in [-0.2, -0.15) is 20.5 Å². The molecule has 14 nitrogen and oxygen atoms in total. The maximum Gasteiger partial charge on any atom is 0.258 e. The first-order chi connectivity index (χ1) is 29.3. The van der Waals surface area contributed by atoms with Gasteiger partial charge in [-0.3, -0.25) is 28.8 Å². The van der Waals surface area contributed by atoms with Crippen LogP contribution in [-0.2, 0) is 19.2 Å². The van der Waals surface area contributed by atoms with Gasteiger partial charge in [0, 0.05) is 32.5 Å². The van der Waals surface area contributed by atoms with E-state index in [9.17, 15) is 28.8 Å². The molecule has 4 N–H and O–H groups in total. The first kappa shape index (κ1) is 47.3. The normalized spacial score (nSPS) is 12.2. The van der Waals surface area contributed by atoms with Crippen molar-refractivity contribution in [1.29, 1.82) is 0 Å². The number of azo groups is 2. The molecule has 0 aliphatic rings. The summed E-state index contributed by atoms with van der Waals surface area (Å²) < 4.78 is 0. The predicted octanol–water partition coefficient (Wildman–Crippen LogP) is 12.1. The van der Waals surface area contributed by atoms with Crippen molar-refractivity contribution in [2.45, 2.75) is 39.8 Å². The molecule has 0 bridgehead atoms. The maximum atomic E-state index is 13.4. The molecule has 0 aromatic heterocycles. The Bertz CT molecular complexity index is 2690. The van der Waals surface area contributed by atoms with E-state index in [1.54, 1.807) is 50.2 Å². The molecule has 62 heavy (non-hydrogen) atoms. The molecule has 0 radical (unpaired) electrons. The molecule has 318 valence electrons. The number of nitrogens with zero attached hydrogens (tertiary/aromatic N) is 4. The first-order valence-corrected chi connectivity index (χ1v) is 20.3. The summed E-state index contributed by atoms with van der Waals surface area (Å²) >= 11 is 37.0. The highest BCUT2D eigenvalue weighted by molar-refractivity contribution is 6.44. The maximum absolute atomic E-state index is 13.4. The van der Waals surface area contributed by atoms with E-state index < -0.39 is 47.3 Å². The molecule has 5 aromatic carbocycles. The van der Waals surface area contributed by atoms with Crippen LogP contribution in [0.5, 0.6) is 0 Å². The Kier molecular flexibility index (Phi) is 15.9. The van der Waals surface area contributed by atoms with Gasteiger partial charge in [0.15, 0.2) is 11.6 Å². The second-order valence-corrected chi connectivity index (χ2v) is 15.9. The molecule has 0 fully saturated rings. The summed E-state index contributed by atoms with van der Waals surface area (Å²) in [5.41, 5.74) is 2.38. The lowest BCUT2D eigenvalue weighted by molar-refractivity contribution is -0.127. The molecule has 20 heteroatoms. The van der Waals surface area contributed by atoms with Crippen LogP contribution in [0.2, 0.25) is 30.1 Å². The Morgan fingerprint density at radius 2 is 0.919 bits per heavy atom. The number of rotatable bonds is 14. The van der Waals surface area contributed by atoms with Crippen LogP contribution < -0.4 is 21.3 Å². The van der Waals surface area contributed by atoms with Gasteiger partial charge >= 0.3 is 0 Å². The molecule has 0 aliphatic carbocycles. The van der Waals surface area contributed by atoms with Crippen LogP contribution >= 0.6 is 69.6 Å². The van der Waals surface area contributed by atoms with Crippen molar-refractivity contribution >= 4 is 139 Å². The zero-order chi connectivity index (χ0) is 45.4. The number of aryl methyl sites for hydroxylation is 2. The third kappa shape index (κ3) is 12.2. The molecule has 2 atom stereocenters. The van der Waals surface area contributed by atoms with E-state index in [0.29, 0.717) is 16.8 Å². The third-order valence-corrected chi connectivity index (χ3v) is 10.7.